The normalized spacial score (nSPS) is 11.9. The Morgan fingerprint density at radius 3 is 2.42 bits per heavy atom. The summed E-state index contributed by atoms with van der Waals surface area (Å²) in [5.74, 6) is 0.783. The fraction of sp³-hybridized carbons (Fsp3) is 0.440. The van der Waals surface area contributed by atoms with Crippen LogP contribution in [-0.2, 0) is 21.9 Å². The first-order valence-corrected chi connectivity index (χ1v) is 11.9. The van der Waals surface area contributed by atoms with Gasteiger partial charge < -0.3 is 10.2 Å². The summed E-state index contributed by atoms with van der Waals surface area (Å²) >= 11 is 1.54. The van der Waals surface area contributed by atoms with Crippen molar-refractivity contribution in [2.75, 3.05) is 12.3 Å². The molecule has 0 radical (unpaired) electrons. The van der Waals surface area contributed by atoms with Crippen LogP contribution in [0.1, 0.15) is 43.9 Å². The lowest BCUT2D eigenvalue weighted by atomic mass is 10.1. The monoisotopic (exact) mass is 444 g/mol. The number of thioether (sulfide) groups is 1. The summed E-state index contributed by atoms with van der Waals surface area (Å²) in [6.45, 7) is 8.86. The molecule has 0 bridgehead atoms. The van der Waals surface area contributed by atoms with E-state index in [2.05, 4.69) is 17.4 Å². The molecule has 2 rings (SSSR count). The van der Waals surface area contributed by atoms with Gasteiger partial charge in [-0.1, -0.05) is 62.7 Å². The molecule has 0 aliphatic heterocycles. The Hall–Kier alpha value is -2.34. The number of halogens is 1. The van der Waals surface area contributed by atoms with Gasteiger partial charge in [0.1, 0.15) is 11.9 Å². The molecule has 2 aromatic carbocycles. The van der Waals surface area contributed by atoms with E-state index in [9.17, 15) is 14.0 Å². The molecular formula is C25H33FN2O2S. The average Bonchev–Trinajstić information content (AvgIpc) is 2.73. The van der Waals surface area contributed by atoms with Crippen LogP contribution in [0, 0.1) is 18.7 Å². The van der Waals surface area contributed by atoms with E-state index < -0.39 is 6.04 Å². The maximum absolute atomic E-state index is 13.3. The topological polar surface area (TPSA) is 49.4 Å². The molecule has 6 heteroatoms. The van der Waals surface area contributed by atoms with Crippen molar-refractivity contribution in [3.63, 3.8) is 0 Å². The second-order valence-corrected chi connectivity index (χ2v) is 9.18. The SMILES string of the molecule is CCC(C(=O)NCC(C)C)N(Cc1ccc(F)cc1)C(=O)CSCc1cccc(C)c1. The van der Waals surface area contributed by atoms with Gasteiger partial charge in [0.05, 0.1) is 5.75 Å². The third-order valence-electron chi connectivity index (χ3n) is 4.91. The largest absolute Gasteiger partial charge is 0.354 e. The van der Waals surface area contributed by atoms with Gasteiger partial charge in [-0.2, -0.15) is 0 Å². The predicted octanol–water partition coefficient (Wildman–Crippen LogP) is 4.95. The number of nitrogens with one attached hydrogen (secondary N) is 1. The summed E-state index contributed by atoms with van der Waals surface area (Å²) < 4.78 is 13.3. The zero-order valence-corrected chi connectivity index (χ0v) is 19.7. The highest BCUT2D eigenvalue weighted by molar-refractivity contribution is 7.99. The van der Waals surface area contributed by atoms with Crippen LogP contribution < -0.4 is 5.32 Å². The zero-order valence-electron chi connectivity index (χ0n) is 18.9. The number of nitrogens with zero attached hydrogens (tertiary/aromatic N) is 1. The summed E-state index contributed by atoms with van der Waals surface area (Å²) in [5.41, 5.74) is 3.16. The van der Waals surface area contributed by atoms with Gasteiger partial charge in [0.2, 0.25) is 11.8 Å². The average molecular weight is 445 g/mol. The highest BCUT2D eigenvalue weighted by atomic mass is 32.2. The Morgan fingerprint density at radius 2 is 1.81 bits per heavy atom. The van der Waals surface area contributed by atoms with Crippen LogP contribution in [0.3, 0.4) is 0 Å². The standard InChI is InChI=1S/C25H33FN2O2S/c1-5-23(25(30)27-14-18(2)3)28(15-20-9-11-22(26)12-10-20)24(29)17-31-16-21-8-6-7-19(4)13-21/h6-13,18,23H,5,14-17H2,1-4H3,(H,27,30). The van der Waals surface area contributed by atoms with Gasteiger partial charge in [0.15, 0.2) is 0 Å². The first-order valence-electron chi connectivity index (χ1n) is 10.7. The molecule has 0 spiro atoms. The summed E-state index contributed by atoms with van der Waals surface area (Å²) in [7, 11) is 0. The Labute approximate surface area is 189 Å². The van der Waals surface area contributed by atoms with Crippen LogP contribution in [0.4, 0.5) is 4.39 Å². The second-order valence-electron chi connectivity index (χ2n) is 8.19. The van der Waals surface area contributed by atoms with Crippen LogP contribution in [-0.4, -0.2) is 35.1 Å². The number of hydrogen-bond donors (Lipinski definition) is 1. The van der Waals surface area contributed by atoms with Crippen molar-refractivity contribution in [3.05, 3.63) is 71.0 Å². The highest BCUT2D eigenvalue weighted by Crippen LogP contribution is 2.18. The van der Waals surface area contributed by atoms with Crippen molar-refractivity contribution in [2.45, 2.75) is 52.5 Å². The molecule has 1 unspecified atom stereocenters. The van der Waals surface area contributed by atoms with Crippen LogP contribution in [0.5, 0.6) is 0 Å². The number of carbonyl (C=O) groups is 2. The van der Waals surface area contributed by atoms with E-state index in [0.29, 0.717) is 18.9 Å². The van der Waals surface area contributed by atoms with Gasteiger partial charge in [0.25, 0.3) is 0 Å². The summed E-state index contributed by atoms with van der Waals surface area (Å²) in [5, 5.41) is 2.95. The maximum Gasteiger partial charge on any atom is 0.242 e. The molecular weight excluding hydrogens is 411 g/mol. The lowest BCUT2D eigenvalue weighted by molar-refractivity contribution is -0.139. The van der Waals surface area contributed by atoms with E-state index in [0.717, 1.165) is 11.3 Å². The van der Waals surface area contributed by atoms with Crippen molar-refractivity contribution in [2.24, 2.45) is 5.92 Å². The molecule has 4 nitrogen and oxygen atoms in total. The van der Waals surface area contributed by atoms with Gasteiger partial charge in [-0.15, -0.1) is 11.8 Å². The molecule has 0 aliphatic carbocycles. The number of benzene rings is 2. The van der Waals surface area contributed by atoms with Crippen LogP contribution in [0.2, 0.25) is 0 Å². The predicted molar refractivity (Wildman–Crippen MR) is 126 cm³/mol. The van der Waals surface area contributed by atoms with E-state index in [1.165, 1.54) is 35.0 Å². The molecule has 0 fully saturated rings. The summed E-state index contributed by atoms with van der Waals surface area (Å²) in [4.78, 5) is 27.6. The van der Waals surface area contributed by atoms with Gasteiger partial charge in [-0.05, 0) is 42.5 Å². The Balaban J connectivity index is 2.11. The number of amides is 2. The van der Waals surface area contributed by atoms with Gasteiger partial charge in [-0.3, -0.25) is 9.59 Å². The minimum absolute atomic E-state index is 0.0893. The van der Waals surface area contributed by atoms with Crippen molar-refractivity contribution in [1.29, 1.82) is 0 Å². The fourth-order valence-corrected chi connectivity index (χ4v) is 4.13. The van der Waals surface area contributed by atoms with Gasteiger partial charge >= 0.3 is 0 Å². The van der Waals surface area contributed by atoms with Crippen molar-refractivity contribution >= 4 is 23.6 Å². The molecule has 0 aliphatic rings. The summed E-state index contributed by atoms with van der Waals surface area (Å²) in [6.07, 6.45) is 0.513. The van der Waals surface area contributed by atoms with Crippen molar-refractivity contribution < 1.29 is 14.0 Å². The van der Waals surface area contributed by atoms with E-state index in [-0.39, 0.29) is 29.9 Å². The van der Waals surface area contributed by atoms with Crippen LogP contribution in [0.25, 0.3) is 0 Å². The van der Waals surface area contributed by atoms with E-state index >= 15 is 0 Å². The molecule has 31 heavy (non-hydrogen) atoms. The van der Waals surface area contributed by atoms with E-state index in [1.54, 1.807) is 17.0 Å². The molecule has 0 saturated carbocycles. The van der Waals surface area contributed by atoms with Gasteiger partial charge in [0, 0.05) is 18.8 Å². The Bertz CT molecular complexity index is 855. The maximum atomic E-state index is 13.3. The highest BCUT2D eigenvalue weighted by Gasteiger charge is 2.28. The zero-order chi connectivity index (χ0) is 22.8. The number of carbonyl (C=O) groups excluding carboxylic acids is 2. The molecule has 168 valence electrons. The number of rotatable bonds is 11. The van der Waals surface area contributed by atoms with Crippen LogP contribution in [0.15, 0.2) is 48.5 Å². The van der Waals surface area contributed by atoms with Crippen molar-refractivity contribution in [3.8, 4) is 0 Å². The third-order valence-corrected chi connectivity index (χ3v) is 5.90. The molecule has 2 aromatic rings. The minimum atomic E-state index is -0.559. The fourth-order valence-electron chi connectivity index (χ4n) is 3.27. The number of hydrogen-bond acceptors (Lipinski definition) is 3. The molecule has 0 heterocycles. The van der Waals surface area contributed by atoms with E-state index in [4.69, 9.17) is 0 Å². The molecule has 0 saturated heterocycles. The molecule has 0 aromatic heterocycles. The smallest absolute Gasteiger partial charge is 0.242 e. The third kappa shape index (κ3) is 8.37. The lowest BCUT2D eigenvalue weighted by Crippen LogP contribution is -2.50. The van der Waals surface area contributed by atoms with Crippen LogP contribution >= 0.6 is 11.8 Å². The first kappa shape index (κ1) is 24.9. The quantitative estimate of drug-likeness (QED) is 0.534. The minimum Gasteiger partial charge on any atom is -0.354 e. The van der Waals surface area contributed by atoms with Crippen molar-refractivity contribution in [1.82, 2.24) is 10.2 Å². The Morgan fingerprint density at radius 1 is 1.10 bits per heavy atom. The molecule has 2 amide bonds. The number of aryl methyl sites for hydroxylation is 1. The molecule has 1 atom stereocenters. The van der Waals surface area contributed by atoms with Gasteiger partial charge in [-0.25, -0.2) is 4.39 Å². The lowest BCUT2D eigenvalue weighted by Gasteiger charge is -2.31. The second kappa shape index (κ2) is 12.5. The van der Waals surface area contributed by atoms with E-state index in [1.807, 2.05) is 39.8 Å². The first-order chi connectivity index (χ1) is 14.8. The summed E-state index contributed by atoms with van der Waals surface area (Å²) in [6, 6.07) is 13.7. The molecule has 1 N–H and O–H groups in total. The Kier molecular flexibility index (Phi) is 10.0.